The highest BCUT2D eigenvalue weighted by Gasteiger charge is 2.32. The predicted molar refractivity (Wildman–Crippen MR) is 53.1 cm³/mol. The molecule has 0 aliphatic heterocycles. The summed E-state index contributed by atoms with van der Waals surface area (Å²) >= 11 is 0. The molecule has 13 heavy (non-hydrogen) atoms. The number of amides is 1. The van der Waals surface area contributed by atoms with Gasteiger partial charge in [-0.05, 0) is 31.2 Å². The van der Waals surface area contributed by atoms with Gasteiger partial charge in [0.05, 0.1) is 0 Å². The number of hydrogen-bond donors (Lipinski definition) is 2. The summed E-state index contributed by atoms with van der Waals surface area (Å²) in [5.41, 5.74) is 5.46. The molecular weight excluding hydrogens is 164 g/mol. The third kappa shape index (κ3) is 3.35. The molecule has 0 heterocycles. The summed E-state index contributed by atoms with van der Waals surface area (Å²) < 4.78 is 0. The minimum atomic E-state index is 0.197. The molecule has 1 saturated carbocycles. The van der Waals surface area contributed by atoms with Gasteiger partial charge in [-0.2, -0.15) is 0 Å². The van der Waals surface area contributed by atoms with E-state index in [1.54, 1.807) is 0 Å². The Hall–Kier alpha value is -0.570. The number of rotatable bonds is 5. The Labute approximate surface area is 80.1 Å². The largest absolute Gasteiger partial charge is 0.356 e. The Morgan fingerprint density at radius 3 is 2.62 bits per heavy atom. The van der Waals surface area contributed by atoms with Crippen molar-refractivity contribution < 1.29 is 4.79 Å². The Morgan fingerprint density at radius 1 is 1.54 bits per heavy atom. The molecule has 3 nitrogen and oxygen atoms in total. The SMILES string of the molecule is CC(CN)CNC(=O)C(C)C1CC1. The van der Waals surface area contributed by atoms with E-state index >= 15 is 0 Å². The fourth-order valence-electron chi connectivity index (χ4n) is 1.33. The van der Waals surface area contributed by atoms with Gasteiger partial charge in [-0.25, -0.2) is 0 Å². The number of hydrogen-bond acceptors (Lipinski definition) is 2. The lowest BCUT2D eigenvalue weighted by atomic mass is 10.1. The van der Waals surface area contributed by atoms with Crippen LogP contribution in [0.3, 0.4) is 0 Å². The highest BCUT2D eigenvalue weighted by atomic mass is 16.1. The van der Waals surface area contributed by atoms with E-state index in [2.05, 4.69) is 5.32 Å². The monoisotopic (exact) mass is 184 g/mol. The molecule has 0 radical (unpaired) electrons. The zero-order valence-corrected chi connectivity index (χ0v) is 8.55. The summed E-state index contributed by atoms with van der Waals surface area (Å²) in [6.07, 6.45) is 2.45. The summed E-state index contributed by atoms with van der Waals surface area (Å²) in [6.45, 7) is 5.41. The van der Waals surface area contributed by atoms with Gasteiger partial charge in [-0.1, -0.05) is 13.8 Å². The topological polar surface area (TPSA) is 55.1 Å². The van der Waals surface area contributed by atoms with Crippen molar-refractivity contribution in [2.75, 3.05) is 13.1 Å². The normalized spacial score (nSPS) is 20.8. The van der Waals surface area contributed by atoms with Gasteiger partial charge < -0.3 is 11.1 Å². The Morgan fingerprint density at radius 2 is 2.15 bits per heavy atom. The van der Waals surface area contributed by atoms with Crippen molar-refractivity contribution in [1.82, 2.24) is 5.32 Å². The lowest BCUT2D eigenvalue weighted by molar-refractivity contribution is -0.125. The maximum Gasteiger partial charge on any atom is 0.223 e. The minimum absolute atomic E-state index is 0.197. The standard InChI is InChI=1S/C10H20N2O/c1-7(5-11)6-12-10(13)8(2)9-3-4-9/h7-9H,3-6,11H2,1-2H3,(H,12,13). The first-order valence-corrected chi connectivity index (χ1v) is 5.13. The second-order valence-electron chi connectivity index (χ2n) is 4.21. The Balaban J connectivity index is 2.16. The van der Waals surface area contributed by atoms with E-state index in [-0.39, 0.29) is 11.8 Å². The Bertz CT molecular complexity index is 178. The molecule has 1 rings (SSSR count). The van der Waals surface area contributed by atoms with Crippen LogP contribution in [-0.4, -0.2) is 19.0 Å². The molecule has 0 aromatic heterocycles. The van der Waals surface area contributed by atoms with Crippen LogP contribution in [0.4, 0.5) is 0 Å². The zero-order chi connectivity index (χ0) is 9.84. The van der Waals surface area contributed by atoms with Gasteiger partial charge in [0.2, 0.25) is 5.91 Å². The fraction of sp³-hybridized carbons (Fsp3) is 0.900. The summed E-state index contributed by atoms with van der Waals surface area (Å²) in [5, 5.41) is 2.94. The third-order valence-electron chi connectivity index (χ3n) is 2.77. The molecule has 76 valence electrons. The molecule has 0 aromatic carbocycles. The lowest BCUT2D eigenvalue weighted by Crippen LogP contribution is -2.35. The van der Waals surface area contributed by atoms with Gasteiger partial charge in [-0.3, -0.25) is 4.79 Å². The average Bonchev–Trinajstić information content (AvgIpc) is 2.95. The van der Waals surface area contributed by atoms with E-state index in [1.165, 1.54) is 12.8 Å². The molecule has 2 atom stereocenters. The molecule has 1 aliphatic carbocycles. The Kier molecular flexibility index (Phi) is 3.72. The van der Waals surface area contributed by atoms with Crippen molar-refractivity contribution in [3.05, 3.63) is 0 Å². The first-order valence-electron chi connectivity index (χ1n) is 5.13. The molecule has 1 amide bonds. The van der Waals surface area contributed by atoms with Gasteiger partial charge in [-0.15, -0.1) is 0 Å². The van der Waals surface area contributed by atoms with E-state index in [1.807, 2.05) is 13.8 Å². The van der Waals surface area contributed by atoms with Crippen LogP contribution >= 0.6 is 0 Å². The summed E-state index contributed by atoms with van der Waals surface area (Å²) in [5.74, 6) is 1.43. The van der Waals surface area contributed by atoms with Crippen molar-refractivity contribution in [3.8, 4) is 0 Å². The van der Waals surface area contributed by atoms with Crippen LogP contribution in [0.2, 0.25) is 0 Å². The van der Waals surface area contributed by atoms with Gasteiger partial charge in [0.1, 0.15) is 0 Å². The smallest absolute Gasteiger partial charge is 0.223 e. The van der Waals surface area contributed by atoms with E-state index in [9.17, 15) is 4.79 Å². The number of carbonyl (C=O) groups is 1. The first-order chi connectivity index (χ1) is 6.15. The summed E-state index contributed by atoms with van der Waals surface area (Å²) in [4.78, 5) is 11.5. The third-order valence-corrected chi connectivity index (χ3v) is 2.77. The molecule has 0 bridgehead atoms. The number of nitrogens with two attached hydrogens (primary N) is 1. The van der Waals surface area contributed by atoms with Crippen LogP contribution in [0.5, 0.6) is 0 Å². The fourth-order valence-corrected chi connectivity index (χ4v) is 1.33. The second-order valence-corrected chi connectivity index (χ2v) is 4.21. The highest BCUT2D eigenvalue weighted by molar-refractivity contribution is 5.78. The summed E-state index contributed by atoms with van der Waals surface area (Å²) in [6, 6.07) is 0. The molecule has 0 spiro atoms. The molecule has 3 N–H and O–H groups in total. The van der Waals surface area contributed by atoms with Crippen molar-refractivity contribution in [3.63, 3.8) is 0 Å². The quantitative estimate of drug-likeness (QED) is 0.662. The lowest BCUT2D eigenvalue weighted by Gasteiger charge is -2.13. The van der Waals surface area contributed by atoms with Gasteiger partial charge in [0.25, 0.3) is 0 Å². The van der Waals surface area contributed by atoms with E-state index < -0.39 is 0 Å². The average molecular weight is 184 g/mol. The van der Waals surface area contributed by atoms with Gasteiger partial charge >= 0.3 is 0 Å². The number of carbonyl (C=O) groups excluding carboxylic acids is 1. The van der Waals surface area contributed by atoms with Gasteiger partial charge in [0.15, 0.2) is 0 Å². The van der Waals surface area contributed by atoms with Crippen LogP contribution in [0.15, 0.2) is 0 Å². The van der Waals surface area contributed by atoms with E-state index in [4.69, 9.17) is 5.73 Å². The van der Waals surface area contributed by atoms with Crippen LogP contribution in [0, 0.1) is 17.8 Å². The highest BCUT2D eigenvalue weighted by Crippen LogP contribution is 2.36. The molecule has 1 aliphatic rings. The van der Waals surface area contributed by atoms with Crippen LogP contribution in [-0.2, 0) is 4.79 Å². The molecule has 0 aromatic rings. The molecule has 2 unspecified atom stereocenters. The van der Waals surface area contributed by atoms with Crippen molar-refractivity contribution in [2.45, 2.75) is 26.7 Å². The zero-order valence-electron chi connectivity index (χ0n) is 8.55. The maximum atomic E-state index is 11.5. The van der Waals surface area contributed by atoms with Crippen molar-refractivity contribution in [1.29, 1.82) is 0 Å². The molecule has 1 fully saturated rings. The molecule has 0 saturated heterocycles. The van der Waals surface area contributed by atoms with Crippen molar-refractivity contribution in [2.24, 2.45) is 23.5 Å². The minimum Gasteiger partial charge on any atom is -0.356 e. The number of nitrogens with one attached hydrogen (secondary N) is 1. The van der Waals surface area contributed by atoms with Crippen LogP contribution < -0.4 is 11.1 Å². The summed E-state index contributed by atoms with van der Waals surface area (Å²) in [7, 11) is 0. The van der Waals surface area contributed by atoms with Crippen LogP contribution in [0.1, 0.15) is 26.7 Å². The van der Waals surface area contributed by atoms with Crippen molar-refractivity contribution >= 4 is 5.91 Å². The molecule has 3 heteroatoms. The van der Waals surface area contributed by atoms with Gasteiger partial charge in [0, 0.05) is 12.5 Å². The van der Waals surface area contributed by atoms with E-state index in [0.29, 0.717) is 24.9 Å². The van der Waals surface area contributed by atoms with E-state index in [0.717, 1.165) is 0 Å². The van der Waals surface area contributed by atoms with Crippen LogP contribution in [0.25, 0.3) is 0 Å². The predicted octanol–water partition coefficient (Wildman–Crippen LogP) is 0.743. The molecular formula is C10H20N2O. The second kappa shape index (κ2) is 4.61. The first kappa shape index (κ1) is 10.5. The maximum absolute atomic E-state index is 11.5.